The SMILES string of the molecule is N#CC[C@H](N)c1cc(F)ccc1Br. The molecular formula is C9H8BrFN2. The van der Waals surface area contributed by atoms with E-state index in [4.69, 9.17) is 11.0 Å². The van der Waals surface area contributed by atoms with Gasteiger partial charge in [-0.1, -0.05) is 15.9 Å². The van der Waals surface area contributed by atoms with Gasteiger partial charge in [-0.05, 0) is 23.8 Å². The van der Waals surface area contributed by atoms with Crippen LogP contribution in [0.4, 0.5) is 4.39 Å². The van der Waals surface area contributed by atoms with E-state index in [-0.39, 0.29) is 12.2 Å². The smallest absolute Gasteiger partial charge is 0.123 e. The molecule has 0 radical (unpaired) electrons. The molecule has 0 unspecified atom stereocenters. The zero-order valence-electron chi connectivity index (χ0n) is 6.80. The van der Waals surface area contributed by atoms with Gasteiger partial charge >= 0.3 is 0 Å². The van der Waals surface area contributed by atoms with Gasteiger partial charge in [0.15, 0.2) is 0 Å². The van der Waals surface area contributed by atoms with E-state index in [2.05, 4.69) is 15.9 Å². The van der Waals surface area contributed by atoms with Crippen LogP contribution >= 0.6 is 15.9 Å². The second-order valence-electron chi connectivity index (χ2n) is 2.63. The lowest BCUT2D eigenvalue weighted by atomic mass is 10.1. The fraction of sp³-hybridized carbons (Fsp3) is 0.222. The van der Waals surface area contributed by atoms with E-state index in [9.17, 15) is 4.39 Å². The summed E-state index contributed by atoms with van der Waals surface area (Å²) in [6.07, 6.45) is 0.183. The summed E-state index contributed by atoms with van der Waals surface area (Å²) in [4.78, 5) is 0. The standard InChI is InChI=1S/C9H8BrFN2/c10-8-2-1-6(11)5-7(8)9(13)3-4-12/h1-2,5,9H,3,13H2/t9-/m0/s1. The Morgan fingerprint density at radius 2 is 2.31 bits per heavy atom. The predicted octanol–water partition coefficient (Wildman–Crippen LogP) is 2.50. The average molecular weight is 243 g/mol. The molecular weight excluding hydrogens is 235 g/mol. The summed E-state index contributed by atoms with van der Waals surface area (Å²) in [5, 5.41) is 8.42. The largest absolute Gasteiger partial charge is 0.323 e. The maximum Gasteiger partial charge on any atom is 0.123 e. The highest BCUT2D eigenvalue weighted by atomic mass is 79.9. The first kappa shape index (κ1) is 10.2. The van der Waals surface area contributed by atoms with Gasteiger partial charge in [-0.2, -0.15) is 5.26 Å². The van der Waals surface area contributed by atoms with E-state index in [0.29, 0.717) is 5.56 Å². The van der Waals surface area contributed by atoms with Crippen LogP contribution in [0.5, 0.6) is 0 Å². The molecule has 1 rings (SSSR count). The molecule has 4 heteroatoms. The zero-order valence-corrected chi connectivity index (χ0v) is 8.38. The van der Waals surface area contributed by atoms with Gasteiger partial charge in [0, 0.05) is 10.5 Å². The van der Waals surface area contributed by atoms with Gasteiger partial charge in [0.1, 0.15) is 5.82 Å². The first-order chi connectivity index (χ1) is 6.15. The number of nitrogens with two attached hydrogens (primary N) is 1. The molecule has 0 saturated carbocycles. The van der Waals surface area contributed by atoms with E-state index < -0.39 is 6.04 Å². The Balaban J connectivity index is 3.00. The molecule has 0 amide bonds. The van der Waals surface area contributed by atoms with Crippen molar-refractivity contribution in [3.63, 3.8) is 0 Å². The van der Waals surface area contributed by atoms with E-state index in [1.54, 1.807) is 6.07 Å². The quantitative estimate of drug-likeness (QED) is 0.867. The highest BCUT2D eigenvalue weighted by molar-refractivity contribution is 9.10. The van der Waals surface area contributed by atoms with Gasteiger partial charge < -0.3 is 5.73 Å². The number of halogens is 2. The predicted molar refractivity (Wildman–Crippen MR) is 51.3 cm³/mol. The van der Waals surface area contributed by atoms with Crippen LogP contribution in [-0.2, 0) is 0 Å². The normalized spacial score (nSPS) is 12.2. The lowest BCUT2D eigenvalue weighted by Gasteiger charge is -2.09. The minimum absolute atomic E-state index is 0.183. The molecule has 0 bridgehead atoms. The Bertz CT molecular complexity index is 346. The molecule has 1 aromatic rings. The van der Waals surface area contributed by atoms with Crippen molar-refractivity contribution in [2.45, 2.75) is 12.5 Å². The Morgan fingerprint density at radius 3 is 2.92 bits per heavy atom. The summed E-state index contributed by atoms with van der Waals surface area (Å²) in [6.45, 7) is 0. The third kappa shape index (κ3) is 2.51. The van der Waals surface area contributed by atoms with Crippen LogP contribution in [0.1, 0.15) is 18.0 Å². The van der Waals surface area contributed by atoms with Gasteiger partial charge in [0.25, 0.3) is 0 Å². The molecule has 0 fully saturated rings. The number of rotatable bonds is 2. The maximum atomic E-state index is 12.8. The maximum absolute atomic E-state index is 12.8. The van der Waals surface area contributed by atoms with Gasteiger partial charge in [0.05, 0.1) is 12.5 Å². The molecule has 0 saturated heterocycles. The summed E-state index contributed by atoms with van der Waals surface area (Å²) < 4.78 is 13.5. The monoisotopic (exact) mass is 242 g/mol. The summed E-state index contributed by atoms with van der Waals surface area (Å²) in [5.74, 6) is -0.341. The topological polar surface area (TPSA) is 49.8 Å². The molecule has 0 spiro atoms. The van der Waals surface area contributed by atoms with Crippen LogP contribution < -0.4 is 5.73 Å². The van der Waals surface area contributed by atoms with Gasteiger partial charge in [-0.3, -0.25) is 0 Å². The van der Waals surface area contributed by atoms with Crippen LogP contribution in [0.25, 0.3) is 0 Å². The van der Waals surface area contributed by atoms with Crippen LogP contribution in [0.15, 0.2) is 22.7 Å². The summed E-state index contributed by atoms with van der Waals surface area (Å²) >= 11 is 3.24. The molecule has 0 heterocycles. The lowest BCUT2D eigenvalue weighted by molar-refractivity contribution is 0.619. The van der Waals surface area contributed by atoms with Crippen LogP contribution in [0, 0.1) is 17.1 Å². The number of nitriles is 1. The molecule has 2 nitrogen and oxygen atoms in total. The second-order valence-corrected chi connectivity index (χ2v) is 3.49. The molecule has 0 aliphatic heterocycles. The molecule has 0 aliphatic carbocycles. The van der Waals surface area contributed by atoms with Crippen molar-refractivity contribution < 1.29 is 4.39 Å². The fourth-order valence-electron chi connectivity index (χ4n) is 1.01. The Kier molecular flexibility index (Phi) is 3.40. The van der Waals surface area contributed by atoms with E-state index in [1.807, 2.05) is 6.07 Å². The fourth-order valence-corrected chi connectivity index (χ4v) is 1.55. The zero-order chi connectivity index (χ0) is 9.84. The summed E-state index contributed by atoms with van der Waals surface area (Å²) in [5.41, 5.74) is 6.28. The second kappa shape index (κ2) is 4.35. The van der Waals surface area contributed by atoms with E-state index in [0.717, 1.165) is 4.47 Å². The first-order valence-corrected chi connectivity index (χ1v) is 4.52. The minimum atomic E-state index is -0.435. The molecule has 1 aromatic carbocycles. The van der Waals surface area contributed by atoms with Gasteiger partial charge in [-0.25, -0.2) is 4.39 Å². The molecule has 0 aromatic heterocycles. The van der Waals surface area contributed by atoms with Crippen molar-refractivity contribution in [1.29, 1.82) is 5.26 Å². The number of benzene rings is 1. The third-order valence-corrected chi connectivity index (χ3v) is 2.39. The van der Waals surface area contributed by atoms with Crippen molar-refractivity contribution >= 4 is 15.9 Å². The van der Waals surface area contributed by atoms with Gasteiger partial charge in [-0.15, -0.1) is 0 Å². The van der Waals surface area contributed by atoms with E-state index >= 15 is 0 Å². The summed E-state index contributed by atoms with van der Waals surface area (Å²) in [6, 6.07) is 5.77. The molecule has 2 N–H and O–H groups in total. The number of nitrogens with zero attached hydrogens (tertiary/aromatic N) is 1. The van der Waals surface area contributed by atoms with Crippen molar-refractivity contribution in [2.24, 2.45) is 5.73 Å². The number of hydrogen-bond acceptors (Lipinski definition) is 2. The average Bonchev–Trinajstić information content (AvgIpc) is 2.09. The van der Waals surface area contributed by atoms with E-state index in [1.165, 1.54) is 12.1 Å². The first-order valence-electron chi connectivity index (χ1n) is 3.72. The molecule has 13 heavy (non-hydrogen) atoms. The third-order valence-electron chi connectivity index (χ3n) is 1.67. The number of hydrogen-bond donors (Lipinski definition) is 1. The minimum Gasteiger partial charge on any atom is -0.323 e. The van der Waals surface area contributed by atoms with Crippen LogP contribution in [-0.4, -0.2) is 0 Å². The van der Waals surface area contributed by atoms with Crippen molar-refractivity contribution in [3.05, 3.63) is 34.1 Å². The van der Waals surface area contributed by atoms with Crippen molar-refractivity contribution in [1.82, 2.24) is 0 Å². The Labute approximate surface area is 84.3 Å². The van der Waals surface area contributed by atoms with Crippen LogP contribution in [0.2, 0.25) is 0 Å². The highest BCUT2D eigenvalue weighted by Crippen LogP contribution is 2.24. The molecule has 0 aliphatic rings. The molecule has 68 valence electrons. The van der Waals surface area contributed by atoms with Crippen LogP contribution in [0.3, 0.4) is 0 Å². The molecule has 1 atom stereocenters. The highest BCUT2D eigenvalue weighted by Gasteiger charge is 2.09. The Morgan fingerprint density at radius 1 is 1.62 bits per heavy atom. The lowest BCUT2D eigenvalue weighted by Crippen LogP contribution is -2.10. The summed E-state index contributed by atoms with van der Waals surface area (Å²) in [7, 11) is 0. The van der Waals surface area contributed by atoms with Crippen molar-refractivity contribution in [2.75, 3.05) is 0 Å². The Hall–Kier alpha value is -0.920. The van der Waals surface area contributed by atoms with Crippen molar-refractivity contribution in [3.8, 4) is 6.07 Å². The van der Waals surface area contributed by atoms with Gasteiger partial charge in [0.2, 0.25) is 0 Å².